The van der Waals surface area contributed by atoms with Gasteiger partial charge >= 0.3 is 0 Å². The first-order chi connectivity index (χ1) is 8.40. The second kappa shape index (κ2) is 6.04. The summed E-state index contributed by atoms with van der Waals surface area (Å²) in [5.74, 6) is 0. The lowest BCUT2D eigenvalue weighted by Crippen LogP contribution is -2.04. The maximum Gasteiger partial charge on any atom is 0.0453 e. The molecule has 0 amide bonds. The van der Waals surface area contributed by atoms with Crippen LogP contribution in [0.25, 0.3) is 0 Å². The van der Waals surface area contributed by atoms with Crippen molar-refractivity contribution >= 4 is 5.69 Å². The summed E-state index contributed by atoms with van der Waals surface area (Å²) in [4.78, 5) is 4.44. The number of rotatable bonds is 5. The molecule has 0 saturated heterocycles. The minimum Gasteiger partial charge on any atom is -0.381 e. The summed E-state index contributed by atoms with van der Waals surface area (Å²) >= 11 is 0. The number of hydrogen-bond donors (Lipinski definition) is 1. The van der Waals surface area contributed by atoms with Gasteiger partial charge in [-0.2, -0.15) is 0 Å². The van der Waals surface area contributed by atoms with E-state index in [9.17, 15) is 0 Å². The Bertz CT molecular complexity index is 451. The molecule has 0 bridgehead atoms. The van der Waals surface area contributed by atoms with E-state index in [2.05, 4.69) is 35.4 Å². The van der Waals surface area contributed by atoms with Crippen LogP contribution in [0.15, 0.2) is 48.7 Å². The Morgan fingerprint density at radius 3 is 2.65 bits per heavy atom. The summed E-state index contributed by atoms with van der Waals surface area (Å²) in [7, 11) is 0. The van der Waals surface area contributed by atoms with Gasteiger partial charge in [0, 0.05) is 24.1 Å². The van der Waals surface area contributed by atoms with Gasteiger partial charge in [-0.3, -0.25) is 4.98 Å². The van der Waals surface area contributed by atoms with E-state index in [1.54, 1.807) is 0 Å². The molecule has 2 rings (SSSR count). The monoisotopic (exact) mass is 226 g/mol. The molecule has 0 aliphatic carbocycles. The zero-order valence-electron chi connectivity index (χ0n) is 10.2. The van der Waals surface area contributed by atoms with Crippen molar-refractivity contribution in [3.8, 4) is 0 Å². The van der Waals surface area contributed by atoms with Crippen LogP contribution >= 0.6 is 0 Å². The highest BCUT2D eigenvalue weighted by molar-refractivity contribution is 5.43. The Morgan fingerprint density at radius 2 is 1.88 bits per heavy atom. The van der Waals surface area contributed by atoms with Gasteiger partial charge in [0.2, 0.25) is 0 Å². The van der Waals surface area contributed by atoms with Gasteiger partial charge < -0.3 is 5.32 Å². The number of hydrogen-bond acceptors (Lipinski definition) is 2. The molecule has 88 valence electrons. The molecule has 17 heavy (non-hydrogen) atoms. The summed E-state index contributed by atoms with van der Waals surface area (Å²) in [6, 6.07) is 14.4. The third kappa shape index (κ3) is 3.31. The first-order valence-corrected chi connectivity index (χ1v) is 6.12. The smallest absolute Gasteiger partial charge is 0.0453 e. The molecule has 2 nitrogen and oxygen atoms in total. The molecular weight excluding hydrogens is 208 g/mol. The SMILES string of the molecule is CCCc1ncccc1CNc1ccccc1. The predicted octanol–water partition coefficient (Wildman–Crippen LogP) is 3.65. The highest BCUT2D eigenvalue weighted by atomic mass is 14.9. The average Bonchev–Trinajstić information content (AvgIpc) is 2.39. The van der Waals surface area contributed by atoms with Gasteiger partial charge in [-0.15, -0.1) is 0 Å². The summed E-state index contributed by atoms with van der Waals surface area (Å²) in [6.45, 7) is 3.02. The van der Waals surface area contributed by atoms with Crippen molar-refractivity contribution in [2.24, 2.45) is 0 Å². The van der Waals surface area contributed by atoms with Gasteiger partial charge in [0.1, 0.15) is 0 Å². The molecule has 0 unspecified atom stereocenters. The van der Waals surface area contributed by atoms with Gasteiger partial charge in [0.25, 0.3) is 0 Å². The van der Waals surface area contributed by atoms with Crippen LogP contribution in [0.4, 0.5) is 5.69 Å². The van der Waals surface area contributed by atoms with E-state index in [-0.39, 0.29) is 0 Å². The molecule has 0 radical (unpaired) electrons. The number of pyridine rings is 1. The zero-order chi connectivity index (χ0) is 11.9. The van der Waals surface area contributed by atoms with Gasteiger partial charge in [0.15, 0.2) is 0 Å². The Labute approximate surface area is 103 Å². The third-order valence-corrected chi connectivity index (χ3v) is 2.73. The van der Waals surface area contributed by atoms with E-state index in [0.717, 1.165) is 25.1 Å². The molecule has 0 aliphatic rings. The van der Waals surface area contributed by atoms with Crippen LogP contribution in [-0.4, -0.2) is 4.98 Å². The number of nitrogens with one attached hydrogen (secondary N) is 1. The van der Waals surface area contributed by atoms with Crippen molar-refractivity contribution in [2.75, 3.05) is 5.32 Å². The molecule has 0 aliphatic heterocycles. The molecule has 1 aromatic heterocycles. The van der Waals surface area contributed by atoms with Crippen LogP contribution in [0.3, 0.4) is 0 Å². The number of para-hydroxylation sites is 1. The average molecular weight is 226 g/mol. The molecule has 1 N–H and O–H groups in total. The lowest BCUT2D eigenvalue weighted by atomic mass is 10.1. The Hall–Kier alpha value is -1.83. The molecule has 0 atom stereocenters. The summed E-state index contributed by atoms with van der Waals surface area (Å²) in [6.07, 6.45) is 4.05. The van der Waals surface area contributed by atoms with Gasteiger partial charge in [-0.05, 0) is 30.2 Å². The van der Waals surface area contributed by atoms with Crippen LogP contribution in [-0.2, 0) is 13.0 Å². The van der Waals surface area contributed by atoms with E-state index >= 15 is 0 Å². The van der Waals surface area contributed by atoms with E-state index < -0.39 is 0 Å². The quantitative estimate of drug-likeness (QED) is 0.841. The van der Waals surface area contributed by atoms with Crippen LogP contribution in [0.2, 0.25) is 0 Å². The van der Waals surface area contributed by atoms with E-state index in [0.29, 0.717) is 0 Å². The number of anilines is 1. The largest absolute Gasteiger partial charge is 0.381 e. The topological polar surface area (TPSA) is 24.9 Å². The summed E-state index contributed by atoms with van der Waals surface area (Å²) in [5.41, 5.74) is 3.65. The summed E-state index contributed by atoms with van der Waals surface area (Å²) in [5, 5.41) is 3.42. The summed E-state index contributed by atoms with van der Waals surface area (Å²) < 4.78 is 0. The molecule has 1 aromatic carbocycles. The second-order valence-corrected chi connectivity index (χ2v) is 4.08. The van der Waals surface area contributed by atoms with Crippen molar-refractivity contribution < 1.29 is 0 Å². The highest BCUT2D eigenvalue weighted by Crippen LogP contribution is 2.11. The Balaban J connectivity index is 2.03. The lowest BCUT2D eigenvalue weighted by molar-refractivity contribution is 0.859. The van der Waals surface area contributed by atoms with Crippen LogP contribution < -0.4 is 5.32 Å². The first kappa shape index (κ1) is 11.6. The van der Waals surface area contributed by atoms with Crippen molar-refractivity contribution in [1.82, 2.24) is 4.98 Å². The Kier molecular flexibility index (Phi) is 4.14. The minimum atomic E-state index is 0.840. The first-order valence-electron chi connectivity index (χ1n) is 6.12. The number of aryl methyl sites for hydroxylation is 1. The fraction of sp³-hybridized carbons (Fsp3) is 0.267. The van der Waals surface area contributed by atoms with Crippen molar-refractivity contribution in [1.29, 1.82) is 0 Å². The molecule has 2 heteroatoms. The highest BCUT2D eigenvalue weighted by Gasteiger charge is 2.01. The van der Waals surface area contributed by atoms with Crippen molar-refractivity contribution in [3.05, 3.63) is 59.9 Å². The molecule has 0 saturated carbocycles. The van der Waals surface area contributed by atoms with E-state index in [4.69, 9.17) is 0 Å². The van der Waals surface area contributed by atoms with E-state index in [1.165, 1.54) is 11.3 Å². The van der Waals surface area contributed by atoms with Crippen molar-refractivity contribution in [2.45, 2.75) is 26.3 Å². The second-order valence-electron chi connectivity index (χ2n) is 4.08. The molecule has 0 fully saturated rings. The van der Waals surface area contributed by atoms with Gasteiger partial charge in [-0.1, -0.05) is 37.6 Å². The maximum absolute atomic E-state index is 4.44. The van der Waals surface area contributed by atoms with Crippen LogP contribution in [0.5, 0.6) is 0 Å². The maximum atomic E-state index is 4.44. The van der Waals surface area contributed by atoms with Gasteiger partial charge in [-0.25, -0.2) is 0 Å². The molecule has 2 aromatic rings. The fourth-order valence-electron chi connectivity index (χ4n) is 1.85. The molecular formula is C15H18N2. The standard InChI is InChI=1S/C15H18N2/c1-2-7-15-13(8-6-11-16-15)12-17-14-9-4-3-5-10-14/h3-6,8-11,17H,2,7,12H2,1H3. The van der Waals surface area contributed by atoms with E-state index in [1.807, 2.05) is 30.5 Å². The molecule has 1 heterocycles. The lowest BCUT2D eigenvalue weighted by Gasteiger charge is -2.09. The van der Waals surface area contributed by atoms with Crippen LogP contribution in [0.1, 0.15) is 24.6 Å². The number of nitrogens with zero attached hydrogens (tertiary/aromatic N) is 1. The van der Waals surface area contributed by atoms with Gasteiger partial charge in [0.05, 0.1) is 0 Å². The zero-order valence-corrected chi connectivity index (χ0v) is 10.2. The fourth-order valence-corrected chi connectivity index (χ4v) is 1.85. The number of aromatic nitrogens is 1. The molecule has 0 spiro atoms. The number of benzene rings is 1. The normalized spacial score (nSPS) is 10.2. The van der Waals surface area contributed by atoms with Crippen LogP contribution in [0, 0.1) is 0 Å². The predicted molar refractivity (Wildman–Crippen MR) is 72.0 cm³/mol. The van der Waals surface area contributed by atoms with Crippen molar-refractivity contribution in [3.63, 3.8) is 0 Å². The Morgan fingerprint density at radius 1 is 1.06 bits per heavy atom. The minimum absolute atomic E-state index is 0.840. The third-order valence-electron chi connectivity index (χ3n) is 2.73.